The summed E-state index contributed by atoms with van der Waals surface area (Å²) in [5.74, 6) is 3.49. The summed E-state index contributed by atoms with van der Waals surface area (Å²) in [7, 11) is 1.84. The number of rotatable bonds is 5. The van der Waals surface area contributed by atoms with Gasteiger partial charge in [-0.1, -0.05) is 6.42 Å². The number of nitrogens with zero attached hydrogens (tertiary/aromatic N) is 2. The third kappa shape index (κ3) is 2.90. The molecule has 0 radical (unpaired) electrons. The Morgan fingerprint density at radius 3 is 2.59 bits per heavy atom. The van der Waals surface area contributed by atoms with Gasteiger partial charge in [0.2, 0.25) is 0 Å². The number of likely N-dealkylation sites (tertiary alicyclic amines) is 1. The van der Waals surface area contributed by atoms with Crippen molar-refractivity contribution in [2.75, 3.05) is 26.7 Å². The van der Waals surface area contributed by atoms with Crippen molar-refractivity contribution < 1.29 is 9.53 Å². The summed E-state index contributed by atoms with van der Waals surface area (Å²) in [6.07, 6.45) is 9.77. The lowest BCUT2D eigenvalue weighted by molar-refractivity contribution is -0.170. The van der Waals surface area contributed by atoms with Crippen LogP contribution < -0.4 is 5.73 Å². The van der Waals surface area contributed by atoms with E-state index in [1.54, 1.807) is 6.20 Å². The molecule has 3 saturated carbocycles. The van der Waals surface area contributed by atoms with Crippen LogP contribution in [0.4, 0.5) is 0 Å². The van der Waals surface area contributed by atoms with Crippen LogP contribution in [0, 0.1) is 29.6 Å². The van der Waals surface area contributed by atoms with E-state index in [4.69, 9.17) is 10.5 Å². The van der Waals surface area contributed by atoms with Crippen LogP contribution in [0.1, 0.15) is 54.6 Å². The molecule has 2 heterocycles. The zero-order chi connectivity index (χ0) is 18.6. The zero-order valence-electron chi connectivity index (χ0n) is 16.3. The monoisotopic (exact) mass is 369 g/mol. The summed E-state index contributed by atoms with van der Waals surface area (Å²) in [5, 5.41) is 0. The van der Waals surface area contributed by atoms with Crippen molar-refractivity contribution in [2.45, 2.75) is 44.1 Å². The molecule has 1 amide bonds. The van der Waals surface area contributed by atoms with Crippen molar-refractivity contribution in [1.29, 1.82) is 0 Å². The molecule has 0 spiro atoms. The molecule has 1 aromatic heterocycles. The Hall–Kier alpha value is -1.46. The lowest BCUT2D eigenvalue weighted by Gasteiger charge is -2.55. The number of piperidine rings is 1. The highest BCUT2D eigenvalue weighted by Gasteiger charge is 2.54. The molecule has 1 saturated heterocycles. The van der Waals surface area contributed by atoms with Gasteiger partial charge in [0.15, 0.2) is 0 Å². The van der Waals surface area contributed by atoms with Gasteiger partial charge in [-0.3, -0.25) is 9.78 Å². The number of amides is 1. The number of pyridine rings is 1. The Morgan fingerprint density at radius 2 is 1.96 bits per heavy atom. The number of aromatic nitrogens is 1. The van der Waals surface area contributed by atoms with Crippen molar-refractivity contribution in [3.05, 3.63) is 29.6 Å². The van der Waals surface area contributed by atoms with Crippen molar-refractivity contribution >= 4 is 5.91 Å². The number of hydrogen-bond donors (Lipinski definition) is 1. The summed E-state index contributed by atoms with van der Waals surface area (Å²) in [6.45, 7) is 3.47. The third-order valence-electron chi connectivity index (χ3n) is 7.93. The minimum Gasteiger partial charge on any atom is -0.373 e. The summed E-state index contributed by atoms with van der Waals surface area (Å²) >= 11 is 0. The minimum atomic E-state index is -0.467. The number of carbonyl (C=O) groups excluding carboxylic acids is 1. The molecule has 146 valence electrons. The number of hydrogen-bond acceptors (Lipinski definition) is 4. The fourth-order valence-corrected chi connectivity index (χ4v) is 6.76. The number of primary amides is 1. The van der Waals surface area contributed by atoms with Crippen LogP contribution in [-0.4, -0.2) is 42.5 Å². The third-order valence-corrected chi connectivity index (χ3v) is 7.93. The quantitative estimate of drug-likeness (QED) is 0.867. The first kappa shape index (κ1) is 17.6. The Balaban J connectivity index is 1.40. The molecule has 0 aromatic carbocycles. The molecule has 2 unspecified atom stereocenters. The SMILES string of the molecule is COC1(c2ccnc(C(N)=O)c2)C2CCCC1CN(C[C@H]1C[C@@H]3C[C@@H]3C1)C2. The van der Waals surface area contributed by atoms with Gasteiger partial charge in [-0.2, -0.15) is 0 Å². The van der Waals surface area contributed by atoms with Crippen molar-refractivity contribution in [3.8, 4) is 0 Å². The maximum absolute atomic E-state index is 11.7. The molecule has 4 fully saturated rings. The summed E-state index contributed by atoms with van der Waals surface area (Å²) in [6, 6.07) is 3.90. The van der Waals surface area contributed by atoms with Gasteiger partial charge in [-0.25, -0.2) is 0 Å². The highest BCUT2D eigenvalue weighted by atomic mass is 16.5. The second-order valence-corrected chi connectivity index (χ2v) is 9.43. The summed E-state index contributed by atoms with van der Waals surface area (Å²) in [4.78, 5) is 18.5. The van der Waals surface area contributed by atoms with E-state index in [2.05, 4.69) is 9.88 Å². The minimum absolute atomic E-state index is 0.306. The van der Waals surface area contributed by atoms with Gasteiger partial charge in [0, 0.05) is 44.8 Å². The molecule has 27 heavy (non-hydrogen) atoms. The molecule has 3 aliphatic carbocycles. The van der Waals surface area contributed by atoms with Gasteiger partial charge in [0.1, 0.15) is 11.3 Å². The second kappa shape index (κ2) is 6.56. The molecule has 5 heteroatoms. The van der Waals surface area contributed by atoms with Crippen molar-refractivity contribution in [3.63, 3.8) is 0 Å². The Bertz CT molecular complexity index is 712. The van der Waals surface area contributed by atoms with Crippen LogP contribution in [-0.2, 0) is 10.3 Å². The van der Waals surface area contributed by atoms with Crippen LogP contribution in [0.3, 0.4) is 0 Å². The van der Waals surface area contributed by atoms with E-state index in [1.807, 2.05) is 19.2 Å². The van der Waals surface area contributed by atoms with E-state index in [9.17, 15) is 4.79 Å². The lowest BCUT2D eigenvalue weighted by Crippen LogP contribution is -2.59. The summed E-state index contributed by atoms with van der Waals surface area (Å²) in [5.41, 5.74) is 6.61. The van der Waals surface area contributed by atoms with Gasteiger partial charge >= 0.3 is 0 Å². The van der Waals surface area contributed by atoms with Gasteiger partial charge in [-0.05, 0) is 67.6 Å². The molecular formula is C22H31N3O2. The molecule has 2 bridgehead atoms. The van der Waals surface area contributed by atoms with Crippen LogP contribution in [0.2, 0.25) is 0 Å². The first-order chi connectivity index (χ1) is 13.1. The number of nitrogens with two attached hydrogens (primary N) is 1. The fraction of sp³-hybridized carbons (Fsp3) is 0.727. The molecule has 2 N–H and O–H groups in total. The Morgan fingerprint density at radius 1 is 1.26 bits per heavy atom. The van der Waals surface area contributed by atoms with Gasteiger partial charge in [0.05, 0.1) is 0 Å². The fourth-order valence-electron chi connectivity index (χ4n) is 6.76. The zero-order valence-corrected chi connectivity index (χ0v) is 16.3. The van der Waals surface area contributed by atoms with Crippen LogP contribution in [0.25, 0.3) is 0 Å². The predicted octanol–water partition coefficient (Wildman–Crippen LogP) is 2.80. The van der Waals surface area contributed by atoms with Crippen LogP contribution in [0.15, 0.2) is 18.3 Å². The van der Waals surface area contributed by atoms with E-state index in [1.165, 1.54) is 45.1 Å². The van der Waals surface area contributed by atoms with E-state index < -0.39 is 5.91 Å². The number of methoxy groups -OCH3 is 1. The Labute approximate surface area is 161 Å². The van der Waals surface area contributed by atoms with E-state index in [-0.39, 0.29) is 5.60 Å². The average Bonchev–Trinajstić information content (AvgIpc) is 3.27. The normalized spacial score (nSPS) is 40.6. The largest absolute Gasteiger partial charge is 0.373 e. The molecule has 5 atom stereocenters. The maximum atomic E-state index is 11.7. The Kier molecular flexibility index (Phi) is 4.28. The molecule has 4 aliphatic rings. The van der Waals surface area contributed by atoms with Crippen molar-refractivity contribution in [1.82, 2.24) is 9.88 Å². The highest BCUT2D eigenvalue weighted by molar-refractivity contribution is 5.90. The van der Waals surface area contributed by atoms with Crippen LogP contribution in [0.5, 0.6) is 0 Å². The first-order valence-electron chi connectivity index (χ1n) is 10.6. The first-order valence-corrected chi connectivity index (χ1v) is 10.6. The van der Waals surface area contributed by atoms with Gasteiger partial charge in [0.25, 0.3) is 5.91 Å². The molecule has 1 aliphatic heterocycles. The predicted molar refractivity (Wildman–Crippen MR) is 103 cm³/mol. The maximum Gasteiger partial charge on any atom is 0.267 e. The van der Waals surface area contributed by atoms with E-state index >= 15 is 0 Å². The highest BCUT2D eigenvalue weighted by Crippen LogP contribution is 2.55. The van der Waals surface area contributed by atoms with E-state index in [0.717, 1.165) is 36.4 Å². The van der Waals surface area contributed by atoms with Gasteiger partial charge < -0.3 is 15.4 Å². The smallest absolute Gasteiger partial charge is 0.267 e. The topological polar surface area (TPSA) is 68.5 Å². The number of fused-ring (bicyclic) bond motifs is 3. The molecular weight excluding hydrogens is 338 g/mol. The van der Waals surface area contributed by atoms with Gasteiger partial charge in [-0.15, -0.1) is 0 Å². The standard InChI is InChI=1S/C22H31N3O2/c1-27-22(17-5-6-24-20(10-17)21(23)26)18-3-2-4-19(22)13-25(12-18)11-14-7-15-9-16(15)8-14/h5-6,10,14-16,18-19H,2-4,7-9,11-13H2,1H3,(H2,23,26)/t14-,15+,16-,18?,19?,22?. The lowest BCUT2D eigenvalue weighted by atomic mass is 9.62. The molecule has 5 nitrogen and oxygen atoms in total. The average molecular weight is 370 g/mol. The molecule has 5 rings (SSSR count). The van der Waals surface area contributed by atoms with E-state index in [0.29, 0.717) is 17.5 Å². The number of carbonyl (C=O) groups is 1. The van der Waals surface area contributed by atoms with Crippen molar-refractivity contribution in [2.24, 2.45) is 35.3 Å². The second-order valence-electron chi connectivity index (χ2n) is 9.43. The summed E-state index contributed by atoms with van der Waals surface area (Å²) < 4.78 is 6.30. The van der Waals surface area contributed by atoms with Crippen LogP contribution >= 0.6 is 0 Å². The number of ether oxygens (including phenoxy) is 1. The molecule has 1 aromatic rings.